The molecule has 0 aliphatic carbocycles. The summed E-state index contributed by atoms with van der Waals surface area (Å²) in [6.45, 7) is 2.63. The SMILES string of the molecule is CCn1nc2cc(F)ccc2c1Cl. The van der Waals surface area contributed by atoms with Gasteiger partial charge in [-0.05, 0) is 19.1 Å². The minimum Gasteiger partial charge on any atom is -0.253 e. The van der Waals surface area contributed by atoms with Crippen LogP contribution in [0.2, 0.25) is 5.15 Å². The normalized spacial score (nSPS) is 11.0. The highest BCUT2D eigenvalue weighted by Gasteiger charge is 2.07. The highest BCUT2D eigenvalue weighted by molar-refractivity contribution is 6.34. The van der Waals surface area contributed by atoms with Gasteiger partial charge in [0.05, 0.1) is 5.52 Å². The highest BCUT2D eigenvalue weighted by atomic mass is 35.5. The molecule has 0 aliphatic rings. The van der Waals surface area contributed by atoms with Gasteiger partial charge < -0.3 is 0 Å². The molecule has 1 heterocycles. The molecule has 4 heteroatoms. The Morgan fingerprint density at radius 1 is 1.54 bits per heavy atom. The summed E-state index contributed by atoms with van der Waals surface area (Å²) in [7, 11) is 0. The second-order valence-corrected chi connectivity index (χ2v) is 3.13. The van der Waals surface area contributed by atoms with Crippen molar-refractivity contribution >= 4 is 22.5 Å². The van der Waals surface area contributed by atoms with Crippen LogP contribution in [-0.2, 0) is 6.54 Å². The average molecular weight is 199 g/mol. The van der Waals surface area contributed by atoms with E-state index >= 15 is 0 Å². The van der Waals surface area contributed by atoms with Gasteiger partial charge >= 0.3 is 0 Å². The first-order valence-corrected chi connectivity index (χ1v) is 4.41. The van der Waals surface area contributed by atoms with Crippen LogP contribution in [0.25, 0.3) is 10.9 Å². The molecule has 2 aromatic rings. The van der Waals surface area contributed by atoms with E-state index in [4.69, 9.17) is 11.6 Å². The third-order valence-electron chi connectivity index (χ3n) is 1.94. The molecule has 0 radical (unpaired) electrons. The molecule has 0 fully saturated rings. The molecule has 2 nitrogen and oxygen atoms in total. The lowest BCUT2D eigenvalue weighted by molar-refractivity contribution is 0.628. The van der Waals surface area contributed by atoms with Crippen molar-refractivity contribution in [1.82, 2.24) is 9.78 Å². The Kier molecular flexibility index (Phi) is 1.96. The summed E-state index contributed by atoms with van der Waals surface area (Å²) in [5.41, 5.74) is 0.604. The molecule has 68 valence electrons. The Balaban J connectivity index is 2.76. The molecule has 0 saturated carbocycles. The zero-order chi connectivity index (χ0) is 9.42. The van der Waals surface area contributed by atoms with Crippen molar-refractivity contribution in [1.29, 1.82) is 0 Å². The minimum atomic E-state index is -0.287. The molecule has 13 heavy (non-hydrogen) atoms. The number of rotatable bonds is 1. The first kappa shape index (κ1) is 8.51. The molecule has 1 aromatic carbocycles. The monoisotopic (exact) mass is 198 g/mol. The summed E-state index contributed by atoms with van der Waals surface area (Å²) in [6, 6.07) is 4.41. The molecule has 2 rings (SSSR count). The van der Waals surface area contributed by atoms with E-state index in [9.17, 15) is 4.39 Å². The molecule has 0 amide bonds. The van der Waals surface area contributed by atoms with Crippen molar-refractivity contribution in [3.8, 4) is 0 Å². The van der Waals surface area contributed by atoms with E-state index in [-0.39, 0.29) is 5.82 Å². The largest absolute Gasteiger partial charge is 0.253 e. The van der Waals surface area contributed by atoms with E-state index in [1.165, 1.54) is 12.1 Å². The van der Waals surface area contributed by atoms with Crippen molar-refractivity contribution < 1.29 is 4.39 Å². The number of hydrogen-bond acceptors (Lipinski definition) is 1. The predicted molar refractivity (Wildman–Crippen MR) is 50.4 cm³/mol. The van der Waals surface area contributed by atoms with E-state index in [1.807, 2.05) is 6.92 Å². The number of halogens is 2. The Morgan fingerprint density at radius 3 is 3.00 bits per heavy atom. The minimum absolute atomic E-state index is 0.287. The van der Waals surface area contributed by atoms with Crippen molar-refractivity contribution in [2.24, 2.45) is 0 Å². The van der Waals surface area contributed by atoms with Crippen LogP contribution in [0.4, 0.5) is 4.39 Å². The Labute approximate surface area is 79.9 Å². The molecule has 0 saturated heterocycles. The van der Waals surface area contributed by atoms with Crippen molar-refractivity contribution in [2.75, 3.05) is 0 Å². The van der Waals surface area contributed by atoms with E-state index in [0.29, 0.717) is 17.2 Å². The third-order valence-corrected chi connectivity index (χ3v) is 2.34. The lowest BCUT2D eigenvalue weighted by Gasteiger charge is -1.93. The maximum Gasteiger partial charge on any atom is 0.134 e. The molecule has 0 atom stereocenters. The van der Waals surface area contributed by atoms with Gasteiger partial charge in [-0.3, -0.25) is 4.68 Å². The van der Waals surface area contributed by atoms with Gasteiger partial charge in [0.2, 0.25) is 0 Å². The molecule has 0 spiro atoms. The molecule has 0 bridgehead atoms. The Bertz CT molecular complexity index is 450. The number of hydrogen-bond donors (Lipinski definition) is 0. The Morgan fingerprint density at radius 2 is 2.31 bits per heavy atom. The van der Waals surface area contributed by atoms with Crippen molar-refractivity contribution in [3.05, 3.63) is 29.2 Å². The van der Waals surface area contributed by atoms with Crippen LogP contribution >= 0.6 is 11.6 Å². The lowest BCUT2D eigenvalue weighted by Crippen LogP contribution is -1.94. The zero-order valence-electron chi connectivity index (χ0n) is 7.09. The topological polar surface area (TPSA) is 17.8 Å². The maximum absolute atomic E-state index is 12.8. The number of aryl methyl sites for hydroxylation is 1. The van der Waals surface area contributed by atoms with E-state index < -0.39 is 0 Å². The summed E-state index contributed by atoms with van der Waals surface area (Å²) in [6.07, 6.45) is 0. The fourth-order valence-electron chi connectivity index (χ4n) is 1.28. The van der Waals surface area contributed by atoms with Gasteiger partial charge in [-0.2, -0.15) is 5.10 Å². The van der Waals surface area contributed by atoms with Crippen molar-refractivity contribution in [3.63, 3.8) is 0 Å². The quantitative estimate of drug-likeness (QED) is 0.689. The van der Waals surface area contributed by atoms with Crippen LogP contribution in [0, 0.1) is 5.82 Å². The fourth-order valence-corrected chi connectivity index (χ4v) is 1.60. The smallest absolute Gasteiger partial charge is 0.134 e. The number of fused-ring (bicyclic) bond motifs is 1. The van der Waals surface area contributed by atoms with Gasteiger partial charge in [0, 0.05) is 18.0 Å². The molecule has 1 aromatic heterocycles. The molecule has 0 aliphatic heterocycles. The third kappa shape index (κ3) is 1.29. The maximum atomic E-state index is 12.8. The summed E-state index contributed by atoms with van der Waals surface area (Å²) < 4.78 is 14.4. The molecular weight excluding hydrogens is 191 g/mol. The van der Waals surface area contributed by atoms with Crippen LogP contribution in [0.1, 0.15) is 6.92 Å². The average Bonchev–Trinajstić information content (AvgIpc) is 2.42. The molecule has 0 N–H and O–H groups in total. The summed E-state index contributed by atoms with van der Waals surface area (Å²) in [5, 5.41) is 5.50. The van der Waals surface area contributed by atoms with Crippen LogP contribution in [0.15, 0.2) is 18.2 Å². The van der Waals surface area contributed by atoms with E-state index in [0.717, 1.165) is 5.39 Å². The number of aromatic nitrogens is 2. The summed E-state index contributed by atoms with van der Waals surface area (Å²) in [4.78, 5) is 0. The number of nitrogens with zero attached hydrogens (tertiary/aromatic N) is 2. The Hall–Kier alpha value is -1.09. The molecule has 0 unspecified atom stereocenters. The van der Waals surface area contributed by atoms with Gasteiger partial charge in [-0.15, -0.1) is 0 Å². The second kappa shape index (κ2) is 3.00. The summed E-state index contributed by atoms with van der Waals surface area (Å²) >= 11 is 5.99. The van der Waals surface area contributed by atoms with Crippen LogP contribution in [0.3, 0.4) is 0 Å². The standard InChI is InChI=1S/C9H8ClFN2/c1-2-13-9(10)7-4-3-6(11)5-8(7)12-13/h3-5H,2H2,1H3. The van der Waals surface area contributed by atoms with Crippen LogP contribution in [0.5, 0.6) is 0 Å². The number of benzene rings is 1. The van der Waals surface area contributed by atoms with E-state index in [1.54, 1.807) is 10.7 Å². The fraction of sp³-hybridized carbons (Fsp3) is 0.222. The van der Waals surface area contributed by atoms with E-state index in [2.05, 4.69) is 5.10 Å². The summed E-state index contributed by atoms with van der Waals surface area (Å²) in [5.74, 6) is -0.287. The zero-order valence-corrected chi connectivity index (χ0v) is 7.85. The van der Waals surface area contributed by atoms with Crippen LogP contribution in [-0.4, -0.2) is 9.78 Å². The van der Waals surface area contributed by atoms with Gasteiger partial charge in [0.25, 0.3) is 0 Å². The van der Waals surface area contributed by atoms with Crippen molar-refractivity contribution in [2.45, 2.75) is 13.5 Å². The second-order valence-electron chi connectivity index (χ2n) is 2.77. The van der Waals surface area contributed by atoms with Crippen LogP contribution < -0.4 is 0 Å². The highest BCUT2D eigenvalue weighted by Crippen LogP contribution is 2.23. The first-order chi connectivity index (χ1) is 6.22. The van der Waals surface area contributed by atoms with Gasteiger partial charge in [0.1, 0.15) is 11.0 Å². The van der Waals surface area contributed by atoms with Gasteiger partial charge in [-0.25, -0.2) is 4.39 Å². The lowest BCUT2D eigenvalue weighted by atomic mass is 10.2. The van der Waals surface area contributed by atoms with Gasteiger partial charge in [0.15, 0.2) is 0 Å². The molecular formula is C9H8ClFN2. The first-order valence-electron chi connectivity index (χ1n) is 4.04. The van der Waals surface area contributed by atoms with Gasteiger partial charge in [-0.1, -0.05) is 11.6 Å². The predicted octanol–water partition coefficient (Wildman–Crippen LogP) is 2.85.